The van der Waals surface area contributed by atoms with Crippen LogP contribution in [0.3, 0.4) is 0 Å². The van der Waals surface area contributed by atoms with Crippen LogP contribution in [0.2, 0.25) is 5.02 Å². The molecule has 0 fully saturated rings. The molecule has 1 aromatic rings. The Bertz CT molecular complexity index is 403. The molecule has 0 bridgehead atoms. The van der Waals surface area contributed by atoms with Gasteiger partial charge in [0.2, 0.25) is 0 Å². The predicted octanol–water partition coefficient (Wildman–Crippen LogP) is 5.37. The lowest BCUT2D eigenvalue weighted by Crippen LogP contribution is -1.94. The van der Waals surface area contributed by atoms with Crippen LogP contribution < -0.4 is 4.74 Å². The van der Waals surface area contributed by atoms with E-state index in [1.807, 2.05) is 25.1 Å². The average Bonchev–Trinajstić information content (AvgIpc) is 2.29. The van der Waals surface area contributed by atoms with Gasteiger partial charge in [-0.15, -0.1) is 0 Å². The molecule has 1 nitrogen and oxygen atoms in total. The minimum absolute atomic E-state index is 0.288. The van der Waals surface area contributed by atoms with E-state index in [4.69, 9.17) is 39.5 Å². The molecule has 0 N–H and O–H groups in total. The Morgan fingerprint density at radius 1 is 1.18 bits per heavy atom. The van der Waals surface area contributed by atoms with E-state index in [2.05, 4.69) is 0 Å². The van der Waals surface area contributed by atoms with Gasteiger partial charge in [0.25, 0.3) is 0 Å². The van der Waals surface area contributed by atoms with E-state index in [1.165, 1.54) is 0 Å². The minimum atomic E-state index is 0.288. The molecule has 1 rings (SSSR count). The molecule has 0 aliphatic rings. The van der Waals surface area contributed by atoms with Gasteiger partial charge in [0.1, 0.15) is 16.8 Å². The van der Waals surface area contributed by atoms with Crippen molar-refractivity contribution in [2.75, 3.05) is 6.61 Å². The zero-order valence-corrected chi connectivity index (χ0v) is 11.7. The summed E-state index contributed by atoms with van der Waals surface area (Å²) in [6.07, 6.45) is 4.46. The number of ether oxygens (including phenoxy) is 1. The van der Waals surface area contributed by atoms with Crippen molar-refractivity contribution in [2.24, 2.45) is 0 Å². The number of rotatable bonds is 5. The number of halogens is 3. The SMILES string of the molecule is CC(=CCOc1ccc(Cl)cc1)CC=C(Cl)Cl. The molecule has 0 atom stereocenters. The average molecular weight is 292 g/mol. The molecule has 92 valence electrons. The van der Waals surface area contributed by atoms with E-state index in [9.17, 15) is 0 Å². The minimum Gasteiger partial charge on any atom is -0.490 e. The quantitative estimate of drug-likeness (QED) is 0.662. The molecule has 0 spiro atoms. The maximum absolute atomic E-state index is 5.77. The van der Waals surface area contributed by atoms with Gasteiger partial charge in [-0.25, -0.2) is 0 Å². The fourth-order valence-electron chi connectivity index (χ4n) is 1.13. The summed E-state index contributed by atoms with van der Waals surface area (Å²) in [5, 5.41) is 0.700. The Balaban J connectivity index is 2.38. The molecule has 1 aromatic carbocycles. The lowest BCUT2D eigenvalue weighted by molar-refractivity contribution is 0.362. The Kier molecular flexibility index (Phi) is 6.49. The third-order valence-corrected chi connectivity index (χ3v) is 2.63. The van der Waals surface area contributed by atoms with E-state index in [-0.39, 0.29) is 4.49 Å². The van der Waals surface area contributed by atoms with Crippen LogP contribution in [-0.4, -0.2) is 6.61 Å². The summed E-state index contributed by atoms with van der Waals surface area (Å²) < 4.78 is 5.81. The molecule has 4 heteroatoms. The third-order valence-electron chi connectivity index (χ3n) is 2.07. The molecule has 0 aromatic heterocycles. The van der Waals surface area contributed by atoms with Crippen molar-refractivity contribution < 1.29 is 4.74 Å². The van der Waals surface area contributed by atoms with Gasteiger partial charge in [-0.1, -0.05) is 46.5 Å². The topological polar surface area (TPSA) is 9.23 Å². The van der Waals surface area contributed by atoms with Gasteiger partial charge in [-0.2, -0.15) is 0 Å². The first-order valence-electron chi connectivity index (χ1n) is 5.13. The zero-order chi connectivity index (χ0) is 12.7. The van der Waals surface area contributed by atoms with Crippen molar-refractivity contribution in [3.8, 4) is 5.75 Å². The Hall–Kier alpha value is -0.630. The first-order chi connectivity index (χ1) is 8.08. The van der Waals surface area contributed by atoms with Gasteiger partial charge >= 0.3 is 0 Å². The van der Waals surface area contributed by atoms with Crippen LogP contribution >= 0.6 is 34.8 Å². The van der Waals surface area contributed by atoms with E-state index in [1.54, 1.807) is 18.2 Å². The molecule has 0 saturated carbocycles. The van der Waals surface area contributed by atoms with E-state index in [0.717, 1.165) is 17.7 Å². The second kappa shape index (κ2) is 7.65. The number of allylic oxidation sites excluding steroid dienone is 2. The molecule has 0 unspecified atom stereocenters. The van der Waals surface area contributed by atoms with Gasteiger partial charge < -0.3 is 4.74 Å². The van der Waals surface area contributed by atoms with E-state index >= 15 is 0 Å². The van der Waals surface area contributed by atoms with Crippen LogP contribution in [0.5, 0.6) is 5.75 Å². The highest BCUT2D eigenvalue weighted by Gasteiger charge is 1.93. The number of benzene rings is 1. The van der Waals surface area contributed by atoms with Crippen LogP contribution in [0.4, 0.5) is 0 Å². The molecule has 17 heavy (non-hydrogen) atoms. The Labute approximate surface area is 117 Å². The molecule has 0 saturated heterocycles. The third kappa shape index (κ3) is 6.62. The molecule has 0 radical (unpaired) electrons. The van der Waals surface area contributed by atoms with Crippen LogP contribution in [0.15, 0.2) is 46.5 Å². The maximum atomic E-state index is 5.77. The van der Waals surface area contributed by atoms with Gasteiger partial charge in [0, 0.05) is 5.02 Å². The fourth-order valence-corrected chi connectivity index (χ4v) is 1.41. The van der Waals surface area contributed by atoms with Crippen molar-refractivity contribution >= 4 is 34.8 Å². The smallest absolute Gasteiger partial charge is 0.119 e. The normalized spacial score (nSPS) is 11.2. The van der Waals surface area contributed by atoms with Crippen molar-refractivity contribution in [1.82, 2.24) is 0 Å². The summed E-state index contributed by atoms with van der Waals surface area (Å²) in [4.78, 5) is 0. The van der Waals surface area contributed by atoms with Gasteiger partial charge in [0.05, 0.1) is 0 Å². The molecular formula is C13H13Cl3O. The highest BCUT2D eigenvalue weighted by Crippen LogP contribution is 2.16. The summed E-state index contributed by atoms with van der Waals surface area (Å²) in [7, 11) is 0. The lowest BCUT2D eigenvalue weighted by Gasteiger charge is -2.03. The van der Waals surface area contributed by atoms with Crippen molar-refractivity contribution in [3.05, 3.63) is 51.5 Å². The highest BCUT2D eigenvalue weighted by molar-refractivity contribution is 6.55. The second-order valence-corrected chi connectivity index (χ2v) is 4.96. The summed E-state index contributed by atoms with van der Waals surface area (Å²) in [5.74, 6) is 0.796. The zero-order valence-electron chi connectivity index (χ0n) is 9.42. The Morgan fingerprint density at radius 3 is 2.41 bits per heavy atom. The second-order valence-electron chi connectivity index (χ2n) is 3.51. The standard InChI is InChI=1S/C13H13Cl3O/c1-10(2-7-13(15)16)8-9-17-12-5-3-11(14)4-6-12/h3-8H,2,9H2,1H3. The fraction of sp³-hybridized carbons (Fsp3) is 0.231. The molecular weight excluding hydrogens is 279 g/mol. The van der Waals surface area contributed by atoms with Gasteiger partial charge in [-0.05, 0) is 43.7 Å². The largest absolute Gasteiger partial charge is 0.490 e. The Morgan fingerprint density at radius 2 is 1.82 bits per heavy atom. The van der Waals surface area contributed by atoms with Crippen LogP contribution in [0, 0.1) is 0 Å². The van der Waals surface area contributed by atoms with E-state index in [0.29, 0.717) is 11.6 Å². The maximum Gasteiger partial charge on any atom is 0.119 e. The summed E-state index contributed by atoms with van der Waals surface area (Å²) in [6.45, 7) is 2.51. The van der Waals surface area contributed by atoms with Crippen molar-refractivity contribution in [2.45, 2.75) is 13.3 Å². The van der Waals surface area contributed by atoms with Crippen LogP contribution in [0.1, 0.15) is 13.3 Å². The lowest BCUT2D eigenvalue weighted by atomic mass is 10.2. The molecule has 0 aliphatic heterocycles. The van der Waals surface area contributed by atoms with Gasteiger partial charge in [0.15, 0.2) is 0 Å². The molecule has 0 aliphatic carbocycles. The van der Waals surface area contributed by atoms with Crippen LogP contribution in [0.25, 0.3) is 0 Å². The monoisotopic (exact) mass is 290 g/mol. The first-order valence-corrected chi connectivity index (χ1v) is 6.26. The number of hydrogen-bond acceptors (Lipinski definition) is 1. The van der Waals surface area contributed by atoms with E-state index < -0.39 is 0 Å². The summed E-state index contributed by atoms with van der Waals surface area (Å²) >= 11 is 16.8. The first kappa shape index (κ1) is 14.4. The van der Waals surface area contributed by atoms with Crippen molar-refractivity contribution in [3.63, 3.8) is 0 Å². The van der Waals surface area contributed by atoms with Gasteiger partial charge in [-0.3, -0.25) is 0 Å². The van der Waals surface area contributed by atoms with Crippen molar-refractivity contribution in [1.29, 1.82) is 0 Å². The molecule has 0 amide bonds. The highest BCUT2D eigenvalue weighted by atomic mass is 35.5. The molecule has 0 heterocycles. The summed E-state index contributed by atoms with van der Waals surface area (Å²) in [5.41, 5.74) is 1.15. The summed E-state index contributed by atoms with van der Waals surface area (Å²) in [6, 6.07) is 7.26. The predicted molar refractivity (Wildman–Crippen MR) is 75.1 cm³/mol. The number of hydrogen-bond donors (Lipinski definition) is 0. The van der Waals surface area contributed by atoms with Crippen LogP contribution in [-0.2, 0) is 0 Å².